The van der Waals surface area contributed by atoms with Gasteiger partial charge in [-0.15, -0.1) is 0 Å². The minimum Gasteiger partial charge on any atom is -0.482 e. The van der Waals surface area contributed by atoms with E-state index in [-0.39, 0.29) is 30.6 Å². The SMILES string of the molecule is CCCN1C(=O)COc2ccc(C(=O)C(C)Sc3ncc(C(=O)OCC)[nH]3)cc21. The third kappa shape index (κ3) is 4.61. The summed E-state index contributed by atoms with van der Waals surface area (Å²) in [6.07, 6.45) is 2.19. The number of fused-ring (bicyclic) bond motifs is 1. The van der Waals surface area contributed by atoms with Crippen LogP contribution in [0.2, 0.25) is 0 Å². The van der Waals surface area contributed by atoms with Crippen molar-refractivity contribution in [2.24, 2.45) is 0 Å². The van der Waals surface area contributed by atoms with E-state index in [1.807, 2.05) is 6.92 Å². The van der Waals surface area contributed by atoms with Crippen molar-refractivity contribution < 1.29 is 23.9 Å². The van der Waals surface area contributed by atoms with E-state index in [0.29, 0.717) is 28.7 Å². The molecule has 1 aliphatic rings. The number of aromatic nitrogens is 2. The summed E-state index contributed by atoms with van der Waals surface area (Å²) in [5.74, 6) is -0.115. The molecule has 1 aromatic heterocycles. The normalized spacial score (nSPS) is 14.2. The molecular formula is C20H23N3O5S. The van der Waals surface area contributed by atoms with Gasteiger partial charge in [0.1, 0.15) is 11.4 Å². The molecule has 0 spiro atoms. The van der Waals surface area contributed by atoms with Crippen molar-refractivity contribution in [1.29, 1.82) is 0 Å². The Morgan fingerprint density at radius 2 is 2.17 bits per heavy atom. The van der Waals surface area contributed by atoms with E-state index >= 15 is 0 Å². The molecule has 154 valence electrons. The number of anilines is 1. The van der Waals surface area contributed by atoms with Gasteiger partial charge in [0.2, 0.25) is 0 Å². The van der Waals surface area contributed by atoms with Crippen molar-refractivity contribution in [3.8, 4) is 5.75 Å². The van der Waals surface area contributed by atoms with Crippen LogP contribution in [0.25, 0.3) is 0 Å². The van der Waals surface area contributed by atoms with Gasteiger partial charge in [0.15, 0.2) is 17.5 Å². The van der Waals surface area contributed by atoms with Crippen LogP contribution in [0.3, 0.4) is 0 Å². The van der Waals surface area contributed by atoms with E-state index in [9.17, 15) is 14.4 Å². The summed E-state index contributed by atoms with van der Waals surface area (Å²) in [6, 6.07) is 5.12. The Morgan fingerprint density at radius 3 is 2.90 bits per heavy atom. The molecule has 2 heterocycles. The molecule has 9 heteroatoms. The zero-order valence-corrected chi connectivity index (χ0v) is 17.4. The minimum absolute atomic E-state index is 0.00778. The summed E-state index contributed by atoms with van der Waals surface area (Å²) in [7, 11) is 0. The number of hydrogen-bond acceptors (Lipinski definition) is 7. The van der Waals surface area contributed by atoms with Gasteiger partial charge in [-0.3, -0.25) is 9.59 Å². The molecule has 1 aromatic carbocycles. The smallest absolute Gasteiger partial charge is 0.356 e. The summed E-state index contributed by atoms with van der Waals surface area (Å²) in [5, 5.41) is 0.00654. The van der Waals surface area contributed by atoms with Crippen molar-refractivity contribution >= 4 is 35.1 Å². The molecule has 1 unspecified atom stereocenters. The summed E-state index contributed by atoms with van der Waals surface area (Å²) < 4.78 is 10.4. The number of ether oxygens (including phenoxy) is 2. The predicted octanol–water partition coefficient (Wildman–Crippen LogP) is 3.09. The first-order chi connectivity index (χ1) is 13.9. The molecule has 1 amide bonds. The van der Waals surface area contributed by atoms with Crippen molar-refractivity contribution in [3.05, 3.63) is 35.7 Å². The molecule has 29 heavy (non-hydrogen) atoms. The first kappa shape index (κ1) is 20.9. The van der Waals surface area contributed by atoms with Crippen molar-refractivity contribution in [1.82, 2.24) is 9.97 Å². The molecule has 1 atom stereocenters. The van der Waals surface area contributed by atoms with Crippen molar-refractivity contribution in [2.45, 2.75) is 37.6 Å². The number of ketones is 1. The number of thioether (sulfide) groups is 1. The number of benzene rings is 1. The van der Waals surface area contributed by atoms with Gasteiger partial charge < -0.3 is 19.4 Å². The molecule has 0 aliphatic carbocycles. The molecule has 0 radical (unpaired) electrons. The molecule has 0 saturated heterocycles. The number of Topliss-reactive ketones (excluding diaryl/α,β-unsaturated/α-hetero) is 1. The molecule has 3 rings (SSSR count). The van der Waals surface area contributed by atoms with E-state index in [2.05, 4.69) is 9.97 Å². The fourth-order valence-corrected chi connectivity index (χ4v) is 3.82. The maximum Gasteiger partial charge on any atom is 0.356 e. The van der Waals surface area contributed by atoms with Crippen LogP contribution in [0.15, 0.2) is 29.6 Å². The molecule has 0 fully saturated rings. The summed E-state index contributed by atoms with van der Waals surface area (Å²) in [6.45, 7) is 6.33. The molecule has 1 aliphatic heterocycles. The molecule has 0 bridgehead atoms. The highest BCUT2D eigenvalue weighted by atomic mass is 32.2. The zero-order chi connectivity index (χ0) is 21.0. The number of esters is 1. The van der Waals surface area contributed by atoms with Crippen LogP contribution < -0.4 is 9.64 Å². The maximum atomic E-state index is 12.9. The highest BCUT2D eigenvalue weighted by molar-refractivity contribution is 8.00. The van der Waals surface area contributed by atoms with E-state index in [4.69, 9.17) is 9.47 Å². The molecule has 2 aromatic rings. The average Bonchev–Trinajstić information content (AvgIpc) is 3.18. The van der Waals surface area contributed by atoms with Gasteiger partial charge in [-0.1, -0.05) is 18.7 Å². The second-order valence-corrected chi connectivity index (χ2v) is 7.79. The van der Waals surface area contributed by atoms with Crippen LogP contribution in [-0.4, -0.2) is 52.6 Å². The van der Waals surface area contributed by atoms with Gasteiger partial charge in [0.05, 0.1) is 23.7 Å². The van der Waals surface area contributed by atoms with Crippen LogP contribution >= 0.6 is 11.8 Å². The Balaban J connectivity index is 1.75. The van der Waals surface area contributed by atoms with Gasteiger partial charge in [0.25, 0.3) is 5.91 Å². The number of H-pyrrole nitrogens is 1. The number of amides is 1. The number of aromatic amines is 1. The zero-order valence-electron chi connectivity index (χ0n) is 16.6. The lowest BCUT2D eigenvalue weighted by Crippen LogP contribution is -2.39. The summed E-state index contributed by atoms with van der Waals surface area (Å²) in [4.78, 5) is 45.5. The average molecular weight is 417 g/mol. The van der Waals surface area contributed by atoms with Crippen LogP contribution in [0.1, 0.15) is 48.0 Å². The van der Waals surface area contributed by atoms with E-state index < -0.39 is 11.2 Å². The third-order valence-electron chi connectivity index (χ3n) is 4.34. The highest BCUT2D eigenvalue weighted by Crippen LogP contribution is 2.34. The number of nitrogens with one attached hydrogen (secondary N) is 1. The largest absolute Gasteiger partial charge is 0.482 e. The van der Waals surface area contributed by atoms with Crippen LogP contribution in [-0.2, 0) is 9.53 Å². The van der Waals surface area contributed by atoms with E-state index in [1.165, 1.54) is 18.0 Å². The lowest BCUT2D eigenvalue weighted by Gasteiger charge is -2.29. The Kier molecular flexibility index (Phi) is 6.58. The Bertz CT molecular complexity index is 927. The number of carbonyl (C=O) groups excluding carboxylic acids is 3. The number of carbonyl (C=O) groups is 3. The number of nitrogens with zero attached hydrogens (tertiary/aromatic N) is 2. The van der Waals surface area contributed by atoms with Crippen LogP contribution in [0.4, 0.5) is 5.69 Å². The standard InChI is InChI=1S/C20H23N3O5S/c1-4-8-23-15-9-13(6-7-16(15)28-11-17(23)24)18(25)12(3)29-20-21-10-14(22-20)19(26)27-5-2/h6-7,9-10,12H,4-5,8,11H2,1-3H3,(H,21,22). The maximum absolute atomic E-state index is 12.9. The van der Waals surface area contributed by atoms with Gasteiger partial charge in [0, 0.05) is 12.1 Å². The first-order valence-corrected chi connectivity index (χ1v) is 10.3. The van der Waals surface area contributed by atoms with Gasteiger partial charge in [-0.05, 0) is 38.5 Å². The topological polar surface area (TPSA) is 102 Å². The summed E-state index contributed by atoms with van der Waals surface area (Å²) in [5.41, 5.74) is 1.35. The highest BCUT2D eigenvalue weighted by Gasteiger charge is 2.27. The number of rotatable bonds is 8. The second-order valence-electron chi connectivity index (χ2n) is 6.46. The molecule has 8 nitrogen and oxygen atoms in total. The number of imidazole rings is 1. The monoisotopic (exact) mass is 417 g/mol. The Labute approximate surface area is 173 Å². The van der Waals surface area contributed by atoms with Gasteiger partial charge >= 0.3 is 5.97 Å². The summed E-state index contributed by atoms with van der Waals surface area (Å²) >= 11 is 1.22. The van der Waals surface area contributed by atoms with Crippen LogP contribution in [0, 0.1) is 0 Å². The Morgan fingerprint density at radius 1 is 1.38 bits per heavy atom. The minimum atomic E-state index is -0.485. The van der Waals surface area contributed by atoms with E-state index in [0.717, 1.165) is 6.42 Å². The lowest BCUT2D eigenvalue weighted by atomic mass is 10.1. The van der Waals surface area contributed by atoms with Gasteiger partial charge in [-0.25, -0.2) is 9.78 Å². The molecule has 0 saturated carbocycles. The van der Waals surface area contributed by atoms with Gasteiger partial charge in [-0.2, -0.15) is 0 Å². The fourth-order valence-electron chi connectivity index (χ4n) is 2.96. The third-order valence-corrected chi connectivity index (χ3v) is 5.34. The first-order valence-electron chi connectivity index (χ1n) is 9.44. The van der Waals surface area contributed by atoms with Crippen molar-refractivity contribution in [3.63, 3.8) is 0 Å². The lowest BCUT2D eigenvalue weighted by molar-refractivity contribution is -0.121. The number of hydrogen-bond donors (Lipinski definition) is 1. The fraction of sp³-hybridized carbons (Fsp3) is 0.400. The molecule has 1 N–H and O–H groups in total. The Hall–Kier alpha value is -2.81. The van der Waals surface area contributed by atoms with Crippen molar-refractivity contribution in [2.75, 3.05) is 24.7 Å². The second kappa shape index (κ2) is 9.13. The van der Waals surface area contributed by atoms with E-state index in [1.54, 1.807) is 36.9 Å². The predicted molar refractivity (Wildman–Crippen MR) is 109 cm³/mol. The van der Waals surface area contributed by atoms with Crippen LogP contribution in [0.5, 0.6) is 5.75 Å². The quantitative estimate of drug-likeness (QED) is 0.400. The molecular weight excluding hydrogens is 394 g/mol.